The van der Waals surface area contributed by atoms with Crippen molar-refractivity contribution in [2.45, 2.75) is 51.2 Å². The molecule has 3 aromatic rings. The van der Waals surface area contributed by atoms with Crippen LogP contribution in [0.1, 0.15) is 48.9 Å². The second-order valence-corrected chi connectivity index (χ2v) is 8.30. The summed E-state index contributed by atoms with van der Waals surface area (Å²) < 4.78 is 15.7. The molecule has 1 aromatic heterocycles. The molecule has 5 nitrogen and oxygen atoms in total. The standard InChI is InChI=1S/C26H27FN4O/c27-22-7-4-6-21(16-22)18-30-15-5-10-25(30)19-31(24-8-2-1-3-9-24)26(32)29-23-13-11-20(17-28)12-14-23/h4-7,10-16,24H,1-3,8-9,18-19H2,(H,29,32). The van der Waals surface area contributed by atoms with Gasteiger partial charge in [0.05, 0.1) is 18.2 Å². The van der Waals surface area contributed by atoms with Crippen LogP contribution < -0.4 is 5.32 Å². The number of hydrogen-bond acceptors (Lipinski definition) is 2. The van der Waals surface area contributed by atoms with Gasteiger partial charge in [0.25, 0.3) is 0 Å². The number of carbonyl (C=O) groups is 1. The van der Waals surface area contributed by atoms with Crippen molar-refractivity contribution >= 4 is 11.7 Å². The maximum absolute atomic E-state index is 13.6. The molecule has 164 valence electrons. The molecule has 2 aromatic carbocycles. The van der Waals surface area contributed by atoms with E-state index in [4.69, 9.17) is 5.26 Å². The summed E-state index contributed by atoms with van der Waals surface area (Å²) in [5.74, 6) is -0.248. The van der Waals surface area contributed by atoms with Gasteiger partial charge in [-0.1, -0.05) is 31.4 Å². The molecule has 1 aliphatic carbocycles. The molecule has 0 aliphatic heterocycles. The number of rotatable bonds is 6. The summed E-state index contributed by atoms with van der Waals surface area (Å²) in [7, 11) is 0. The molecule has 1 fully saturated rings. The number of nitriles is 1. The van der Waals surface area contributed by atoms with Gasteiger partial charge in [-0.15, -0.1) is 0 Å². The Morgan fingerprint density at radius 2 is 1.88 bits per heavy atom. The molecule has 4 rings (SSSR count). The fourth-order valence-corrected chi connectivity index (χ4v) is 4.34. The van der Waals surface area contributed by atoms with Gasteiger partial charge >= 0.3 is 6.03 Å². The number of halogens is 1. The Morgan fingerprint density at radius 1 is 1.09 bits per heavy atom. The van der Waals surface area contributed by atoms with Gasteiger partial charge in [-0.05, 0) is 66.9 Å². The average Bonchev–Trinajstić information content (AvgIpc) is 3.25. The zero-order valence-electron chi connectivity index (χ0n) is 18.0. The smallest absolute Gasteiger partial charge is 0.322 e. The molecule has 6 heteroatoms. The van der Waals surface area contributed by atoms with Gasteiger partial charge in [0.15, 0.2) is 0 Å². The molecular weight excluding hydrogens is 403 g/mol. The molecule has 0 unspecified atom stereocenters. The van der Waals surface area contributed by atoms with E-state index in [2.05, 4.69) is 16.0 Å². The quantitative estimate of drug-likeness (QED) is 0.528. The fourth-order valence-electron chi connectivity index (χ4n) is 4.34. The van der Waals surface area contributed by atoms with Gasteiger partial charge in [0.1, 0.15) is 5.82 Å². The highest BCUT2D eigenvalue weighted by Gasteiger charge is 2.26. The van der Waals surface area contributed by atoms with Crippen LogP contribution in [0.4, 0.5) is 14.9 Å². The predicted molar refractivity (Wildman–Crippen MR) is 123 cm³/mol. The average molecular weight is 431 g/mol. The number of benzene rings is 2. The van der Waals surface area contributed by atoms with Crippen LogP contribution in [0.2, 0.25) is 0 Å². The molecule has 0 atom stereocenters. The van der Waals surface area contributed by atoms with Crippen LogP contribution in [0, 0.1) is 17.1 Å². The second-order valence-electron chi connectivity index (χ2n) is 8.30. The molecule has 0 spiro atoms. The van der Waals surface area contributed by atoms with Crippen molar-refractivity contribution in [2.75, 3.05) is 5.32 Å². The Labute approximate surface area is 188 Å². The lowest BCUT2D eigenvalue weighted by Crippen LogP contribution is -2.43. The molecule has 1 aliphatic rings. The zero-order valence-corrected chi connectivity index (χ0v) is 18.0. The Kier molecular flexibility index (Phi) is 6.86. The number of nitrogens with zero attached hydrogens (tertiary/aromatic N) is 3. The van der Waals surface area contributed by atoms with Crippen LogP contribution in [0.3, 0.4) is 0 Å². The molecule has 0 saturated heterocycles. The van der Waals surface area contributed by atoms with E-state index >= 15 is 0 Å². The third-order valence-corrected chi connectivity index (χ3v) is 6.04. The summed E-state index contributed by atoms with van der Waals surface area (Å²) in [4.78, 5) is 15.2. The summed E-state index contributed by atoms with van der Waals surface area (Å²) in [6.45, 7) is 1.03. The number of nitrogens with one attached hydrogen (secondary N) is 1. The largest absolute Gasteiger partial charge is 0.345 e. The first-order chi connectivity index (χ1) is 15.6. The van der Waals surface area contributed by atoms with E-state index in [-0.39, 0.29) is 17.9 Å². The van der Waals surface area contributed by atoms with E-state index in [9.17, 15) is 9.18 Å². The zero-order chi connectivity index (χ0) is 22.3. The SMILES string of the molecule is N#Cc1ccc(NC(=O)N(Cc2cccn2Cc2cccc(F)c2)C2CCCCC2)cc1. The lowest BCUT2D eigenvalue weighted by Gasteiger charge is -2.34. The topological polar surface area (TPSA) is 61.1 Å². The van der Waals surface area contributed by atoms with E-state index in [0.717, 1.165) is 36.9 Å². The van der Waals surface area contributed by atoms with Crippen molar-refractivity contribution in [2.24, 2.45) is 0 Å². The number of aromatic nitrogens is 1. The van der Waals surface area contributed by atoms with Gasteiger partial charge in [-0.25, -0.2) is 9.18 Å². The lowest BCUT2D eigenvalue weighted by molar-refractivity contribution is 0.161. The van der Waals surface area contributed by atoms with Gasteiger partial charge in [-0.2, -0.15) is 5.26 Å². The van der Waals surface area contributed by atoms with Crippen LogP contribution in [-0.4, -0.2) is 21.5 Å². The minimum absolute atomic E-state index is 0.139. The van der Waals surface area contributed by atoms with Gasteiger partial charge in [0.2, 0.25) is 0 Å². The Balaban J connectivity index is 1.53. The van der Waals surface area contributed by atoms with Gasteiger partial charge in [-0.3, -0.25) is 0 Å². The molecule has 0 radical (unpaired) electrons. The third kappa shape index (κ3) is 5.36. The van der Waals surface area contributed by atoms with Crippen molar-refractivity contribution in [3.05, 3.63) is 89.5 Å². The Morgan fingerprint density at radius 3 is 2.59 bits per heavy atom. The molecule has 1 N–H and O–H groups in total. The molecular formula is C26H27FN4O. The highest BCUT2D eigenvalue weighted by molar-refractivity contribution is 5.89. The fraction of sp³-hybridized carbons (Fsp3) is 0.308. The molecule has 2 amide bonds. The van der Waals surface area contributed by atoms with Crippen LogP contribution in [0.5, 0.6) is 0 Å². The molecule has 0 bridgehead atoms. The first-order valence-electron chi connectivity index (χ1n) is 11.1. The number of carbonyl (C=O) groups excluding carboxylic acids is 1. The summed E-state index contributed by atoms with van der Waals surface area (Å²) in [6.07, 6.45) is 7.40. The van der Waals surface area contributed by atoms with E-state index < -0.39 is 0 Å². The number of anilines is 1. The van der Waals surface area contributed by atoms with Crippen molar-refractivity contribution in [1.82, 2.24) is 9.47 Å². The minimum Gasteiger partial charge on any atom is -0.345 e. The normalized spacial score (nSPS) is 14.0. The van der Waals surface area contributed by atoms with Crippen LogP contribution >= 0.6 is 0 Å². The predicted octanol–water partition coefficient (Wildman–Crippen LogP) is 5.91. The maximum atomic E-state index is 13.6. The van der Waals surface area contributed by atoms with Crippen molar-refractivity contribution in [3.8, 4) is 6.07 Å². The van der Waals surface area contributed by atoms with E-state index in [1.807, 2.05) is 29.3 Å². The molecule has 1 saturated carbocycles. The van der Waals surface area contributed by atoms with Crippen LogP contribution in [0.15, 0.2) is 66.9 Å². The van der Waals surface area contributed by atoms with E-state index in [1.54, 1.807) is 36.4 Å². The first kappa shape index (κ1) is 21.6. The number of amides is 2. The van der Waals surface area contributed by atoms with E-state index in [0.29, 0.717) is 24.3 Å². The van der Waals surface area contributed by atoms with Gasteiger partial charge < -0.3 is 14.8 Å². The minimum atomic E-state index is -0.248. The highest BCUT2D eigenvalue weighted by Crippen LogP contribution is 2.25. The summed E-state index contributed by atoms with van der Waals surface area (Å²) in [5, 5.41) is 12.0. The van der Waals surface area contributed by atoms with Crippen molar-refractivity contribution in [3.63, 3.8) is 0 Å². The molecule has 1 heterocycles. The van der Waals surface area contributed by atoms with Crippen molar-refractivity contribution < 1.29 is 9.18 Å². The van der Waals surface area contributed by atoms with Crippen LogP contribution in [0.25, 0.3) is 0 Å². The number of hydrogen-bond donors (Lipinski definition) is 1. The van der Waals surface area contributed by atoms with Crippen molar-refractivity contribution in [1.29, 1.82) is 5.26 Å². The Bertz CT molecular complexity index is 1090. The monoisotopic (exact) mass is 430 g/mol. The van der Waals surface area contributed by atoms with Gasteiger partial charge in [0, 0.05) is 30.2 Å². The molecule has 32 heavy (non-hydrogen) atoms. The number of urea groups is 1. The summed E-state index contributed by atoms with van der Waals surface area (Å²) in [5.41, 5.74) is 3.12. The first-order valence-corrected chi connectivity index (χ1v) is 11.1. The lowest BCUT2D eigenvalue weighted by atomic mass is 9.94. The Hall–Kier alpha value is -3.59. The highest BCUT2D eigenvalue weighted by atomic mass is 19.1. The van der Waals surface area contributed by atoms with E-state index in [1.165, 1.54) is 12.5 Å². The maximum Gasteiger partial charge on any atom is 0.322 e. The summed E-state index contributed by atoms with van der Waals surface area (Å²) in [6, 6.07) is 19.6. The summed E-state index contributed by atoms with van der Waals surface area (Å²) >= 11 is 0. The van der Waals surface area contributed by atoms with Crippen LogP contribution in [-0.2, 0) is 13.1 Å². The second kappa shape index (κ2) is 10.1. The third-order valence-electron chi connectivity index (χ3n) is 6.04.